The maximum atomic E-state index is 10.5. The summed E-state index contributed by atoms with van der Waals surface area (Å²) in [6.07, 6.45) is 1.74. The number of carboxylic acids is 2. The van der Waals surface area contributed by atoms with Crippen LogP contribution >= 0.6 is 0 Å². The fourth-order valence-corrected chi connectivity index (χ4v) is 1.11. The molecular formula is C12H6O11V. The van der Waals surface area contributed by atoms with Crippen molar-refractivity contribution in [3.63, 3.8) is 0 Å². The van der Waals surface area contributed by atoms with Gasteiger partial charge in [0, 0.05) is 12.1 Å². The molecule has 2 rings (SSSR count). The van der Waals surface area contributed by atoms with Crippen molar-refractivity contribution >= 4 is 11.9 Å². The summed E-state index contributed by atoms with van der Waals surface area (Å²) in [6, 6.07) is 1.81. The predicted molar refractivity (Wildman–Crippen MR) is 62.6 cm³/mol. The molecule has 0 amide bonds. The van der Waals surface area contributed by atoms with Crippen LogP contribution in [0.3, 0.4) is 0 Å². The number of aromatic hydroxyl groups is 2. The Balaban J connectivity index is 0.000000400. The van der Waals surface area contributed by atoms with E-state index in [-0.39, 0.29) is 0 Å². The van der Waals surface area contributed by atoms with Crippen LogP contribution in [-0.2, 0) is 21.0 Å². The Morgan fingerprint density at radius 3 is 1.33 bits per heavy atom. The molecule has 0 aliphatic carbocycles. The quantitative estimate of drug-likeness (QED) is 0.552. The summed E-state index contributed by atoms with van der Waals surface area (Å²) in [5, 5.41) is 37.6. The first-order valence-corrected chi connectivity index (χ1v) is 6.05. The van der Waals surface area contributed by atoms with Gasteiger partial charge in [-0.25, -0.2) is 0 Å². The van der Waals surface area contributed by atoms with Gasteiger partial charge in [0.25, 0.3) is 0 Å². The molecule has 0 atom stereocenters. The van der Waals surface area contributed by atoms with E-state index in [2.05, 4.69) is 8.83 Å². The Kier molecular flexibility index (Phi) is 8.47. The standard InChI is InChI=1S/2C6H4O5.O.V/c2*7-3-1-2-11-5(4(3)8)6(9)10;;/h2*1-2,8H,(H,9,10);;/q;;;+2/p-2. The van der Waals surface area contributed by atoms with Crippen molar-refractivity contribution in [2.45, 2.75) is 0 Å². The SMILES string of the molecule is O=C([O-])c1occc(=O)c1O.O=C([O-])c1occc(=O)c1O.[O]=[V+2]. The Hall–Kier alpha value is -3.18. The molecule has 0 saturated carbocycles. The van der Waals surface area contributed by atoms with Crippen LogP contribution in [0.4, 0.5) is 0 Å². The van der Waals surface area contributed by atoms with E-state index in [0.29, 0.717) is 0 Å². The van der Waals surface area contributed by atoms with Crippen LogP contribution in [0.5, 0.6) is 11.5 Å². The van der Waals surface area contributed by atoms with Gasteiger partial charge in [0.1, 0.15) is 11.9 Å². The molecule has 2 heterocycles. The van der Waals surface area contributed by atoms with Gasteiger partial charge in [-0.05, 0) is 0 Å². The van der Waals surface area contributed by atoms with Crippen LogP contribution in [0.15, 0.2) is 43.1 Å². The minimum atomic E-state index is -1.72. The van der Waals surface area contributed by atoms with Gasteiger partial charge in [0.05, 0.1) is 12.5 Å². The second-order valence-corrected chi connectivity index (χ2v) is 3.50. The van der Waals surface area contributed by atoms with Gasteiger partial charge >= 0.3 is 21.0 Å². The summed E-state index contributed by atoms with van der Waals surface area (Å²) in [7, 11) is 0. The number of carbonyl (C=O) groups excluding carboxylic acids is 2. The van der Waals surface area contributed by atoms with Gasteiger partial charge < -0.3 is 38.8 Å². The number of rotatable bonds is 2. The van der Waals surface area contributed by atoms with Gasteiger partial charge in [0.15, 0.2) is 11.5 Å². The van der Waals surface area contributed by atoms with E-state index in [0.717, 1.165) is 42.0 Å². The van der Waals surface area contributed by atoms with Gasteiger partial charge in [-0.1, -0.05) is 0 Å². The molecule has 2 N–H and O–H groups in total. The molecule has 2 aromatic heterocycles. The van der Waals surface area contributed by atoms with Gasteiger partial charge in [-0.15, -0.1) is 0 Å². The molecule has 0 fully saturated rings. The van der Waals surface area contributed by atoms with E-state index in [1.165, 1.54) is 0 Å². The minimum absolute atomic E-state index is 0.810. The summed E-state index contributed by atoms with van der Waals surface area (Å²) in [6.45, 7) is 0. The molecule has 125 valence electrons. The molecule has 0 unspecified atom stereocenters. The van der Waals surface area contributed by atoms with Gasteiger partial charge in [-0.3, -0.25) is 9.59 Å². The Bertz CT molecular complexity index is 766. The van der Waals surface area contributed by atoms with Crippen LogP contribution in [0.25, 0.3) is 0 Å². The third-order valence-electron chi connectivity index (χ3n) is 2.08. The molecule has 24 heavy (non-hydrogen) atoms. The van der Waals surface area contributed by atoms with Crippen molar-refractivity contribution in [3.05, 3.63) is 56.6 Å². The zero-order valence-electron chi connectivity index (χ0n) is 11.3. The van der Waals surface area contributed by atoms with E-state index in [9.17, 15) is 29.4 Å². The Labute approximate surface area is 140 Å². The Morgan fingerprint density at radius 1 is 0.833 bits per heavy atom. The Morgan fingerprint density at radius 2 is 1.12 bits per heavy atom. The molecule has 0 aromatic carbocycles. The van der Waals surface area contributed by atoms with E-state index in [1.54, 1.807) is 0 Å². The summed E-state index contributed by atoms with van der Waals surface area (Å²) >= 11 is 1.06. The summed E-state index contributed by atoms with van der Waals surface area (Å²) in [4.78, 5) is 41.2. The van der Waals surface area contributed by atoms with Crippen molar-refractivity contribution in [1.82, 2.24) is 0 Å². The predicted octanol–water partition coefficient (Wildman–Crippen LogP) is -2.70. The van der Waals surface area contributed by atoms with Gasteiger partial charge in [-0.2, -0.15) is 0 Å². The van der Waals surface area contributed by atoms with Gasteiger partial charge in [0.2, 0.25) is 22.4 Å². The summed E-state index contributed by atoms with van der Waals surface area (Å²) in [5.41, 5.74) is -1.62. The average molecular weight is 377 g/mol. The van der Waals surface area contributed by atoms with E-state index < -0.39 is 45.8 Å². The second kappa shape index (κ2) is 9.76. The molecule has 0 radical (unpaired) electrons. The fourth-order valence-electron chi connectivity index (χ4n) is 1.11. The van der Waals surface area contributed by atoms with E-state index in [4.69, 9.17) is 13.9 Å². The molecule has 0 aliphatic heterocycles. The van der Waals surface area contributed by atoms with Crippen LogP contribution in [0, 0.1) is 0 Å². The van der Waals surface area contributed by atoms with Crippen molar-refractivity contribution in [2.24, 2.45) is 0 Å². The van der Waals surface area contributed by atoms with Crippen LogP contribution in [-0.4, -0.2) is 22.2 Å². The van der Waals surface area contributed by atoms with Crippen LogP contribution < -0.4 is 21.1 Å². The summed E-state index contributed by atoms with van der Waals surface area (Å²) in [5.74, 6) is -7.02. The topological polar surface area (TPSA) is 198 Å². The van der Waals surface area contributed by atoms with Crippen LogP contribution in [0.1, 0.15) is 21.1 Å². The number of hydrogen-bond acceptors (Lipinski definition) is 11. The zero-order chi connectivity index (χ0) is 18.9. The first-order valence-electron chi connectivity index (χ1n) is 5.48. The van der Waals surface area contributed by atoms with Crippen molar-refractivity contribution in [1.29, 1.82) is 0 Å². The maximum absolute atomic E-state index is 10.5. The number of carboxylic acid groups (broad SMARTS) is 2. The normalized spacial score (nSPS) is 8.92. The fraction of sp³-hybridized carbons (Fsp3) is 0. The van der Waals surface area contributed by atoms with Crippen molar-refractivity contribution < 1.29 is 59.9 Å². The second-order valence-electron chi connectivity index (χ2n) is 3.50. The third kappa shape index (κ3) is 5.55. The first-order chi connectivity index (χ1) is 11.3. The van der Waals surface area contributed by atoms with E-state index >= 15 is 0 Å². The molecule has 12 heteroatoms. The molecule has 0 saturated heterocycles. The van der Waals surface area contributed by atoms with Crippen molar-refractivity contribution in [2.75, 3.05) is 0 Å². The summed E-state index contributed by atoms with van der Waals surface area (Å²) < 4.78 is 16.8. The average Bonchev–Trinajstić information content (AvgIpc) is 2.54. The number of aromatic carboxylic acids is 2. The number of hydrogen-bond donors (Lipinski definition) is 2. The monoisotopic (exact) mass is 377 g/mol. The number of carbonyl (C=O) groups is 2. The van der Waals surface area contributed by atoms with Crippen LogP contribution in [0.2, 0.25) is 0 Å². The molecule has 11 nitrogen and oxygen atoms in total. The zero-order valence-corrected chi connectivity index (χ0v) is 12.7. The molecule has 0 spiro atoms. The molecule has 0 bridgehead atoms. The first kappa shape index (κ1) is 20.8. The van der Waals surface area contributed by atoms with Crippen molar-refractivity contribution in [3.8, 4) is 11.5 Å². The third-order valence-corrected chi connectivity index (χ3v) is 2.08. The molecular weight excluding hydrogens is 371 g/mol. The molecule has 2 aromatic rings. The molecule has 0 aliphatic rings. The van der Waals surface area contributed by atoms with E-state index in [1.807, 2.05) is 0 Å².